The molecule has 4 aromatic rings. The van der Waals surface area contributed by atoms with E-state index >= 15 is 0 Å². The van der Waals surface area contributed by atoms with Gasteiger partial charge in [0, 0.05) is 0 Å². The molecule has 198 valence electrons. The molecule has 0 bridgehead atoms. The molecule has 0 aliphatic heterocycles. The molecule has 0 aromatic heterocycles. The third kappa shape index (κ3) is 18.4. The number of hydrogen-bond acceptors (Lipinski definition) is 0. The monoisotopic (exact) mass is 608 g/mol. The lowest BCUT2D eigenvalue weighted by Gasteiger charge is -1.98. The zero-order valence-electron chi connectivity index (χ0n) is 24.9. The Morgan fingerprint density at radius 1 is 0.486 bits per heavy atom. The van der Waals surface area contributed by atoms with Crippen LogP contribution in [0.25, 0.3) is 21.5 Å². The van der Waals surface area contributed by atoms with Gasteiger partial charge in [-0.25, -0.2) is 0 Å². The number of halogens is 1. The summed E-state index contributed by atoms with van der Waals surface area (Å²) in [5.41, 5.74) is 2.70. The highest BCUT2D eigenvalue weighted by Gasteiger charge is 1.93. The van der Waals surface area contributed by atoms with Crippen LogP contribution in [0.2, 0.25) is 0 Å². The molecule has 4 rings (SSSR count). The molecule has 0 N–H and O–H groups in total. The summed E-state index contributed by atoms with van der Waals surface area (Å²) >= 11 is 0.590. The Labute approximate surface area is 233 Å². The molecule has 0 atom stereocenters. The summed E-state index contributed by atoms with van der Waals surface area (Å²) in [5.74, 6) is 0. The maximum absolute atomic E-state index is 2.24. The van der Waals surface area contributed by atoms with Crippen LogP contribution in [-0.4, -0.2) is 28.6 Å². The topological polar surface area (TPSA) is 0 Å². The van der Waals surface area contributed by atoms with Crippen LogP contribution in [-0.2, 0) is 10.9 Å². The van der Waals surface area contributed by atoms with E-state index in [1.807, 2.05) is 27.7 Å². The molecule has 0 spiro atoms. The van der Waals surface area contributed by atoms with Crippen LogP contribution < -0.4 is 21.2 Å². The van der Waals surface area contributed by atoms with Crippen LogP contribution in [0.15, 0.2) is 84.9 Å². The summed E-state index contributed by atoms with van der Waals surface area (Å²) in [5, 5.41) is 5.37. The van der Waals surface area contributed by atoms with Crippen molar-refractivity contribution < 1.29 is 21.2 Å². The van der Waals surface area contributed by atoms with E-state index in [4.69, 9.17) is 0 Å². The van der Waals surface area contributed by atoms with Gasteiger partial charge in [0.1, 0.15) is 9.86 Å². The van der Waals surface area contributed by atoms with Gasteiger partial charge in [-0.2, -0.15) is 0 Å². The molecular weight excluding hydrogens is 555 g/mol. The summed E-state index contributed by atoms with van der Waals surface area (Å²) in [6.45, 7) is 12.3. The van der Waals surface area contributed by atoms with Gasteiger partial charge >= 0.3 is 0 Å². The molecule has 0 fully saturated rings. The van der Waals surface area contributed by atoms with Gasteiger partial charge in [-0.3, -0.25) is 0 Å². The average molecular weight is 609 g/mol. The largest absolute Gasteiger partial charge is 0.358 e. The van der Waals surface area contributed by atoms with E-state index in [9.17, 15) is 0 Å². The van der Waals surface area contributed by atoms with Crippen LogP contribution in [0.4, 0.5) is 0 Å². The molecule has 0 aliphatic rings. The molecular formula is C33H53IS. The van der Waals surface area contributed by atoms with Gasteiger partial charge in [0.2, 0.25) is 0 Å². The lowest BCUT2D eigenvalue weighted by molar-refractivity contribution is -0.597. The number of aryl methyl sites for hydroxylation is 2. The van der Waals surface area contributed by atoms with E-state index in [1.54, 1.807) is 0 Å². The van der Waals surface area contributed by atoms with Crippen molar-refractivity contribution in [3.05, 3.63) is 111 Å². The first kappa shape index (κ1) is 40.6. The first-order valence-electron chi connectivity index (χ1n) is 11.6. The fourth-order valence-corrected chi connectivity index (χ4v) is 2.77. The first-order chi connectivity index (χ1) is 15.9. The number of rotatable bonds is 0. The maximum atomic E-state index is 2.24. The minimum absolute atomic E-state index is 0. The fraction of sp³-hybridized carbons (Fsp3) is 0.333. The van der Waals surface area contributed by atoms with Crippen molar-refractivity contribution in [1.82, 2.24) is 0 Å². The normalized spacial score (nSPS) is 8.34. The smallest absolute Gasteiger partial charge is 0.261 e. The highest BCUT2D eigenvalue weighted by molar-refractivity contribution is 7.94. The van der Waals surface area contributed by atoms with Crippen LogP contribution in [0.1, 0.15) is 38.8 Å². The first-order valence-corrected chi connectivity index (χ1v) is 18.4. The SMILES string of the molecule is CC.CC.C[I+]C.C[S+](C)C.Cc1cccc2ccccc12.Cc1cccc2ccccc12.[CH3-].[CH3-]. The lowest BCUT2D eigenvalue weighted by Crippen LogP contribution is -3.59. The molecule has 2 heteroatoms. The van der Waals surface area contributed by atoms with Gasteiger partial charge in [0.25, 0.3) is 21.2 Å². The standard InChI is InChI=1S/2C11H10.C3H9S.C2H6I.2C2H6.2CH3/c2*1-9-5-4-7-10-6-2-3-8-11(9)10;1-4(2)3;1-3-2;2*1-2;;/h2*2-8H,1H3;1-3H3;1-2H3;2*1-2H3;2*1H3/q;;2*+1;;;2*-1. The fourth-order valence-electron chi connectivity index (χ4n) is 2.77. The highest BCUT2D eigenvalue weighted by Crippen LogP contribution is 2.17. The summed E-state index contributed by atoms with van der Waals surface area (Å²) in [6.07, 6.45) is 6.58. The van der Waals surface area contributed by atoms with E-state index < -0.39 is 0 Å². The molecule has 4 aromatic carbocycles. The van der Waals surface area contributed by atoms with Crippen molar-refractivity contribution in [3.8, 4) is 0 Å². The van der Waals surface area contributed by atoms with Gasteiger partial charge in [0.05, 0.1) is 18.8 Å². The molecule has 0 nitrogen and oxygen atoms in total. The number of fused-ring (bicyclic) bond motifs is 2. The maximum Gasteiger partial charge on any atom is 0.261 e. The molecule has 0 saturated carbocycles. The van der Waals surface area contributed by atoms with Crippen LogP contribution in [0, 0.1) is 28.7 Å². The minimum Gasteiger partial charge on any atom is -0.358 e. The molecule has 0 aliphatic carbocycles. The third-order valence-corrected chi connectivity index (χ3v) is 4.02. The van der Waals surface area contributed by atoms with Crippen molar-refractivity contribution in [3.63, 3.8) is 0 Å². The van der Waals surface area contributed by atoms with Crippen LogP contribution in [0.3, 0.4) is 0 Å². The number of alkyl halides is 2. The summed E-state index contributed by atoms with van der Waals surface area (Å²) in [4.78, 5) is 4.47. The Morgan fingerprint density at radius 2 is 0.714 bits per heavy atom. The summed E-state index contributed by atoms with van der Waals surface area (Å²) in [7, 11) is 0.639. The molecule has 0 amide bonds. The predicted octanol–water partition coefficient (Wildman–Crippen LogP) is 7.08. The zero-order chi connectivity index (χ0) is 25.6. The van der Waals surface area contributed by atoms with Gasteiger partial charge in [-0.15, -0.1) is 0 Å². The van der Waals surface area contributed by atoms with Crippen molar-refractivity contribution in [2.75, 3.05) is 28.6 Å². The van der Waals surface area contributed by atoms with E-state index in [0.29, 0.717) is 32.1 Å². The molecule has 0 radical (unpaired) electrons. The second-order valence-electron chi connectivity index (χ2n) is 7.19. The van der Waals surface area contributed by atoms with Crippen molar-refractivity contribution in [2.45, 2.75) is 41.5 Å². The molecule has 0 heterocycles. The lowest BCUT2D eigenvalue weighted by atomic mass is 10.1. The highest BCUT2D eigenvalue weighted by atomic mass is 127. The van der Waals surface area contributed by atoms with E-state index in [0.717, 1.165) is 0 Å². The summed E-state index contributed by atoms with van der Waals surface area (Å²) < 4.78 is 0. The molecule has 0 saturated heterocycles. The minimum atomic E-state index is 0. The van der Waals surface area contributed by atoms with E-state index in [-0.39, 0.29) is 14.9 Å². The van der Waals surface area contributed by atoms with Crippen molar-refractivity contribution in [2.24, 2.45) is 0 Å². The third-order valence-electron chi connectivity index (χ3n) is 4.02. The second-order valence-corrected chi connectivity index (χ2v) is 11.8. The van der Waals surface area contributed by atoms with Gasteiger partial charge in [-0.1, -0.05) is 113 Å². The molecule has 35 heavy (non-hydrogen) atoms. The van der Waals surface area contributed by atoms with Crippen molar-refractivity contribution >= 4 is 32.4 Å². The molecule has 0 unspecified atom stereocenters. The Kier molecular flexibility index (Phi) is 31.4. The Hall–Kier alpha value is -1.52. The Bertz CT molecular complexity index is 886. The Morgan fingerprint density at radius 3 is 0.971 bits per heavy atom. The van der Waals surface area contributed by atoms with Crippen molar-refractivity contribution in [1.29, 1.82) is 0 Å². The second kappa shape index (κ2) is 27.1. The van der Waals surface area contributed by atoms with Gasteiger partial charge < -0.3 is 14.9 Å². The predicted molar refractivity (Wildman–Crippen MR) is 170 cm³/mol. The van der Waals surface area contributed by atoms with Gasteiger partial charge in [0.15, 0.2) is 0 Å². The van der Waals surface area contributed by atoms with Crippen LogP contribution in [0.5, 0.6) is 0 Å². The quantitative estimate of drug-likeness (QED) is 0.0867. The Balaban J connectivity index is -0.000000189. The number of benzene rings is 4. The van der Waals surface area contributed by atoms with E-state index in [1.165, 1.54) is 32.7 Å². The number of hydrogen-bond donors (Lipinski definition) is 0. The average Bonchev–Trinajstić information content (AvgIpc) is 2.83. The zero-order valence-corrected chi connectivity index (χ0v) is 27.8. The van der Waals surface area contributed by atoms with Crippen LogP contribution >= 0.6 is 0 Å². The van der Waals surface area contributed by atoms with Gasteiger partial charge in [-0.05, 0) is 57.4 Å². The van der Waals surface area contributed by atoms with E-state index in [2.05, 4.69) is 127 Å². The summed E-state index contributed by atoms with van der Waals surface area (Å²) in [6, 6.07) is 29.7.